The predicted octanol–water partition coefficient (Wildman–Crippen LogP) is 4.12. The number of carboxylic acids is 3. The van der Waals surface area contributed by atoms with Crippen LogP contribution in [0.5, 0.6) is 0 Å². The third-order valence-corrected chi connectivity index (χ3v) is 8.25. The zero-order valence-electron chi connectivity index (χ0n) is 36.3. The largest absolute Gasteiger partial charge is 1.00 e. The van der Waals surface area contributed by atoms with Crippen LogP contribution in [-0.4, -0.2) is 74.9 Å². The van der Waals surface area contributed by atoms with Crippen molar-refractivity contribution in [2.24, 2.45) is 5.73 Å². The van der Waals surface area contributed by atoms with Crippen molar-refractivity contribution in [3.63, 3.8) is 0 Å². The van der Waals surface area contributed by atoms with Gasteiger partial charge in [-0.25, -0.2) is 38.9 Å². The Morgan fingerprint density at radius 2 is 0.952 bits per heavy atom. The van der Waals surface area contributed by atoms with E-state index in [0.29, 0.717) is 11.1 Å². The molecule has 4 aromatic rings. The van der Waals surface area contributed by atoms with Crippen molar-refractivity contribution in [2.75, 3.05) is 13.7 Å². The Balaban J connectivity index is -0.000000349. The summed E-state index contributed by atoms with van der Waals surface area (Å²) in [6, 6.07) is 26.1. The van der Waals surface area contributed by atoms with Crippen LogP contribution in [0.4, 0.5) is 0 Å². The van der Waals surface area contributed by atoms with Crippen molar-refractivity contribution >= 4 is 29.8 Å². The number of carbonyl (C=O) groups is 5. The third-order valence-electron chi connectivity index (χ3n) is 8.25. The van der Waals surface area contributed by atoms with Crippen molar-refractivity contribution < 1.29 is 78.9 Å². The van der Waals surface area contributed by atoms with Crippen molar-refractivity contribution in [2.45, 2.75) is 71.5 Å². The molecule has 0 saturated carbocycles. The van der Waals surface area contributed by atoms with Gasteiger partial charge in [-0.1, -0.05) is 48.5 Å². The normalized spacial score (nSPS) is 9.65. The van der Waals surface area contributed by atoms with Gasteiger partial charge in [0.25, 0.3) is 11.1 Å². The molecular formula is C45H53LiN4O12. The van der Waals surface area contributed by atoms with Gasteiger partial charge >= 0.3 is 42.7 Å². The van der Waals surface area contributed by atoms with Crippen LogP contribution in [0.1, 0.15) is 112 Å². The number of benzene rings is 4. The number of ether oxygens (including phenoxy) is 1. The number of carboxylic acid groups (broad SMARTS) is 3. The molecule has 1 amide bonds. The summed E-state index contributed by atoms with van der Waals surface area (Å²) in [7, 11) is 1.34. The molecule has 0 aliphatic rings. The first kappa shape index (κ1) is 61.8. The van der Waals surface area contributed by atoms with Gasteiger partial charge in [0.1, 0.15) is 0 Å². The van der Waals surface area contributed by atoms with Gasteiger partial charge in [-0.05, 0) is 74.9 Å². The summed E-state index contributed by atoms with van der Waals surface area (Å²) in [6.07, 6.45) is 0. The third kappa shape index (κ3) is 20.4. The second kappa shape index (κ2) is 29.4. The molecule has 0 aliphatic heterocycles. The minimum absolute atomic E-state index is 0. The SMILES string of the molecule is CC(C)(C(N)=O)c1cccc(C(=O)O)c1.CCO.O.[C-]#[N+]C(C)(C)c1cccc(C(=O)O)c1.[C-]#[N+]C(C)(C)c1cccc(C(=O)OC)c1.[C-]#[N+]Cc1cccc(C(=O)O)c1.[Li+].[OH-]. The zero-order valence-corrected chi connectivity index (χ0v) is 36.3. The quantitative estimate of drug-likeness (QED) is 0.0908. The summed E-state index contributed by atoms with van der Waals surface area (Å²) in [4.78, 5) is 64.5. The summed E-state index contributed by atoms with van der Waals surface area (Å²) in [5.41, 5.74) is 7.10. The van der Waals surface area contributed by atoms with Crippen LogP contribution in [0.25, 0.3) is 14.5 Å². The van der Waals surface area contributed by atoms with Gasteiger partial charge in [-0.2, -0.15) is 0 Å². The topological polar surface area (TPSA) is 276 Å². The van der Waals surface area contributed by atoms with Gasteiger partial charge in [0.05, 0.1) is 34.8 Å². The molecule has 0 heterocycles. The molecule has 9 N–H and O–H groups in total. The first-order valence-electron chi connectivity index (χ1n) is 17.7. The van der Waals surface area contributed by atoms with Gasteiger partial charge in [0.2, 0.25) is 12.5 Å². The molecule has 4 rings (SSSR count). The summed E-state index contributed by atoms with van der Waals surface area (Å²) in [6.45, 7) is 33.3. The van der Waals surface area contributed by atoms with Crippen molar-refractivity contribution in [1.82, 2.24) is 0 Å². The van der Waals surface area contributed by atoms with Crippen LogP contribution < -0.4 is 24.6 Å². The van der Waals surface area contributed by atoms with Gasteiger partial charge in [-0.15, -0.1) is 0 Å². The summed E-state index contributed by atoms with van der Waals surface area (Å²) >= 11 is 0. The molecule has 4 aromatic carbocycles. The van der Waals surface area contributed by atoms with E-state index in [1.807, 2.05) is 19.9 Å². The maximum atomic E-state index is 11.3. The second-order valence-corrected chi connectivity index (χ2v) is 13.8. The fourth-order valence-corrected chi connectivity index (χ4v) is 4.38. The Morgan fingerprint density at radius 1 is 0.629 bits per heavy atom. The van der Waals surface area contributed by atoms with E-state index in [4.69, 9.17) is 45.9 Å². The van der Waals surface area contributed by atoms with E-state index in [9.17, 15) is 24.0 Å². The number of aliphatic hydroxyl groups excluding tert-OH is 1. The minimum Gasteiger partial charge on any atom is -0.870 e. The molecule has 0 spiro atoms. The number of nitrogens with zero attached hydrogens (tertiary/aromatic N) is 3. The van der Waals surface area contributed by atoms with Crippen LogP contribution in [0, 0.1) is 19.7 Å². The summed E-state index contributed by atoms with van der Waals surface area (Å²) in [5, 5.41) is 33.7. The van der Waals surface area contributed by atoms with Crippen LogP contribution in [-0.2, 0) is 32.6 Å². The summed E-state index contributed by atoms with van der Waals surface area (Å²) < 4.78 is 4.62. The smallest absolute Gasteiger partial charge is 0.870 e. The molecule has 0 saturated heterocycles. The number of hydrogen-bond acceptors (Lipinski definition) is 8. The number of carbonyl (C=O) groups excluding carboxylic acids is 2. The first-order chi connectivity index (χ1) is 27.5. The monoisotopic (exact) mass is 848 g/mol. The van der Waals surface area contributed by atoms with E-state index in [1.54, 1.807) is 95.3 Å². The van der Waals surface area contributed by atoms with Gasteiger partial charge in [0, 0.05) is 51.0 Å². The van der Waals surface area contributed by atoms with Crippen LogP contribution in [0.2, 0.25) is 0 Å². The van der Waals surface area contributed by atoms with Crippen LogP contribution >= 0.6 is 0 Å². The van der Waals surface area contributed by atoms with Gasteiger partial charge in [0.15, 0.2) is 0 Å². The zero-order chi connectivity index (χ0) is 45.6. The molecule has 17 heteroatoms. The predicted molar refractivity (Wildman–Crippen MR) is 228 cm³/mol. The van der Waals surface area contributed by atoms with E-state index in [-0.39, 0.29) is 65.6 Å². The molecule has 0 radical (unpaired) electrons. The number of hydrogen-bond donors (Lipinski definition) is 5. The van der Waals surface area contributed by atoms with Crippen molar-refractivity contribution in [3.05, 3.63) is 176 Å². The fourth-order valence-electron chi connectivity index (χ4n) is 4.38. The molecule has 0 aromatic heterocycles. The van der Waals surface area contributed by atoms with E-state index in [0.717, 1.165) is 16.7 Å². The number of esters is 1. The number of rotatable bonds is 9. The number of amides is 1. The molecule has 16 nitrogen and oxygen atoms in total. The first-order valence-corrected chi connectivity index (χ1v) is 17.7. The van der Waals surface area contributed by atoms with Crippen LogP contribution in [0.15, 0.2) is 97.1 Å². The average Bonchev–Trinajstić information content (AvgIpc) is 3.21. The Morgan fingerprint density at radius 3 is 1.29 bits per heavy atom. The number of methoxy groups -OCH3 is 1. The molecule has 0 atom stereocenters. The van der Waals surface area contributed by atoms with Gasteiger partial charge < -0.3 is 56.4 Å². The number of aromatic carboxylic acids is 3. The molecular weight excluding hydrogens is 795 g/mol. The Kier molecular flexibility index (Phi) is 29.3. The van der Waals surface area contributed by atoms with Crippen molar-refractivity contribution in [3.8, 4) is 0 Å². The molecule has 0 aliphatic carbocycles. The van der Waals surface area contributed by atoms with E-state index >= 15 is 0 Å². The van der Waals surface area contributed by atoms with Gasteiger partial charge in [-0.3, -0.25) is 4.79 Å². The van der Waals surface area contributed by atoms with E-state index in [1.165, 1.54) is 37.4 Å². The molecule has 62 heavy (non-hydrogen) atoms. The Hall–Kier alpha value is -6.82. The minimum atomic E-state index is -1.02. The standard InChI is InChI=1S/C12H13NO2.C11H13NO3.C11H11NO2.C9H7NO2.C2H6O.Li.2H2O/c1-12(2,13-3)10-7-5-6-9(8-10)11(14)15-4;1-11(2,10(12)15)8-5-3-4-7(6-8)9(13)14;1-11(2,12-3)9-6-4-5-8(7-9)10(13)14;1-10-6-7-3-2-4-8(5-7)9(11)12;1-2-3;;;/h5-8H,1-2,4H3;3-6H,1-2H3,(H2,12,15)(H,13,14);4-7H,1-2H3,(H,13,14);2-5H,6H2,(H,11,12);3H,2H2,1H3;;2*1H2/q;;;;;+1;;/p-1. The van der Waals surface area contributed by atoms with E-state index in [2.05, 4.69) is 19.3 Å². The fraction of sp³-hybridized carbons (Fsp3) is 0.289. The number of nitrogens with two attached hydrogens (primary N) is 1. The number of aliphatic hydroxyl groups is 1. The summed E-state index contributed by atoms with van der Waals surface area (Å²) in [5.74, 6) is -3.80. The molecule has 0 fully saturated rings. The second-order valence-electron chi connectivity index (χ2n) is 13.8. The number of primary amides is 1. The van der Waals surface area contributed by atoms with Crippen LogP contribution in [0.3, 0.4) is 0 Å². The molecule has 0 unspecified atom stereocenters. The molecule has 326 valence electrons. The molecule has 0 bridgehead atoms. The maximum absolute atomic E-state index is 11.3. The average molecular weight is 849 g/mol. The Labute approximate surface area is 374 Å². The maximum Gasteiger partial charge on any atom is 1.00 e. The Bertz CT molecular complexity index is 2220. The van der Waals surface area contributed by atoms with E-state index < -0.39 is 40.3 Å². The van der Waals surface area contributed by atoms with Crippen molar-refractivity contribution in [1.29, 1.82) is 0 Å².